The van der Waals surface area contributed by atoms with Crippen LogP contribution in [0.4, 0.5) is 9.52 Å². The van der Waals surface area contributed by atoms with E-state index in [1.807, 2.05) is 18.4 Å². The Hall–Kier alpha value is -1.79. The first kappa shape index (κ1) is 17.0. The number of thiazole rings is 1. The van der Waals surface area contributed by atoms with Crippen LogP contribution in [-0.4, -0.2) is 28.9 Å². The molecule has 0 aliphatic carbocycles. The fourth-order valence-electron chi connectivity index (χ4n) is 3.30. The number of rotatable bonds is 5. The second-order valence-electron chi connectivity index (χ2n) is 6.07. The van der Waals surface area contributed by atoms with Crippen molar-refractivity contribution in [1.82, 2.24) is 9.88 Å². The van der Waals surface area contributed by atoms with Gasteiger partial charge in [0.25, 0.3) is 0 Å². The zero-order valence-electron chi connectivity index (χ0n) is 14.0. The average molecular weight is 347 g/mol. The predicted molar refractivity (Wildman–Crippen MR) is 94.6 cm³/mol. The Kier molecular flexibility index (Phi) is 5.26. The summed E-state index contributed by atoms with van der Waals surface area (Å²) >= 11 is 1.50. The van der Waals surface area contributed by atoms with Gasteiger partial charge in [0.05, 0.1) is 5.69 Å². The number of benzene rings is 1. The third-order valence-electron chi connectivity index (χ3n) is 4.43. The van der Waals surface area contributed by atoms with E-state index in [9.17, 15) is 9.18 Å². The van der Waals surface area contributed by atoms with Gasteiger partial charge in [0.15, 0.2) is 5.13 Å². The van der Waals surface area contributed by atoms with Gasteiger partial charge < -0.3 is 0 Å². The van der Waals surface area contributed by atoms with Crippen molar-refractivity contribution in [3.8, 4) is 0 Å². The van der Waals surface area contributed by atoms with Crippen molar-refractivity contribution in [2.24, 2.45) is 0 Å². The number of amides is 1. The number of carbonyl (C=O) groups is 1. The van der Waals surface area contributed by atoms with Crippen molar-refractivity contribution in [2.45, 2.75) is 39.3 Å². The fraction of sp³-hybridized carbons (Fsp3) is 0.444. The topological polar surface area (TPSA) is 36.4 Å². The minimum atomic E-state index is -0.185. The Morgan fingerprint density at radius 3 is 3.04 bits per heavy atom. The molecule has 1 aromatic heterocycles. The minimum Gasteiger partial charge on any atom is -0.290 e. The van der Waals surface area contributed by atoms with Crippen LogP contribution in [0.3, 0.4) is 0 Å². The average Bonchev–Trinajstić information content (AvgIpc) is 3.18. The highest BCUT2D eigenvalue weighted by Crippen LogP contribution is 2.34. The molecule has 0 radical (unpaired) electrons. The maximum Gasteiger partial charge on any atom is 0.225 e. The number of halogens is 1. The highest BCUT2D eigenvalue weighted by molar-refractivity contribution is 7.14. The molecule has 1 aliphatic rings. The third-order valence-corrected chi connectivity index (χ3v) is 5.34. The van der Waals surface area contributed by atoms with Crippen LogP contribution in [-0.2, 0) is 11.3 Å². The van der Waals surface area contributed by atoms with Gasteiger partial charge in [-0.25, -0.2) is 9.37 Å². The van der Waals surface area contributed by atoms with E-state index in [1.165, 1.54) is 17.4 Å². The maximum atomic E-state index is 13.5. The first-order chi connectivity index (χ1) is 11.6. The summed E-state index contributed by atoms with van der Waals surface area (Å²) in [6.07, 6.45) is 2.14. The van der Waals surface area contributed by atoms with Gasteiger partial charge in [-0.15, -0.1) is 11.3 Å². The molecule has 1 aliphatic heterocycles. The number of likely N-dealkylation sites (tertiary alicyclic amines) is 1. The normalized spacial score (nSPS) is 18.0. The number of hydrogen-bond acceptors (Lipinski definition) is 4. The number of hydrogen-bond donors (Lipinski definition) is 0. The number of aromatic nitrogens is 1. The zero-order chi connectivity index (χ0) is 17.1. The summed E-state index contributed by atoms with van der Waals surface area (Å²) in [4.78, 5) is 20.3. The Morgan fingerprint density at radius 1 is 1.50 bits per heavy atom. The Morgan fingerprint density at radius 2 is 2.33 bits per heavy atom. The Balaban J connectivity index is 1.73. The molecule has 1 fully saturated rings. The standard InChI is InChI=1S/C18H22FN3OS/c1-3-22(13(2)23)18-20-16(12-24-18)11-21-9-5-8-17(21)14-6-4-7-15(19)10-14/h4,6-7,10,12,17H,3,5,8-9,11H2,1-2H3/t17-/m0/s1. The van der Waals surface area contributed by atoms with E-state index < -0.39 is 0 Å². The van der Waals surface area contributed by atoms with E-state index in [4.69, 9.17) is 0 Å². The van der Waals surface area contributed by atoms with Crippen molar-refractivity contribution in [1.29, 1.82) is 0 Å². The molecule has 0 unspecified atom stereocenters. The van der Waals surface area contributed by atoms with Crippen molar-refractivity contribution in [3.63, 3.8) is 0 Å². The summed E-state index contributed by atoms with van der Waals surface area (Å²) in [5, 5.41) is 2.77. The van der Waals surface area contributed by atoms with Gasteiger partial charge in [-0.3, -0.25) is 14.6 Å². The Labute approximate surface area is 145 Å². The first-order valence-electron chi connectivity index (χ1n) is 8.30. The molecule has 0 bridgehead atoms. The summed E-state index contributed by atoms with van der Waals surface area (Å²) in [5.41, 5.74) is 2.00. The monoisotopic (exact) mass is 347 g/mol. The molecule has 2 aromatic rings. The van der Waals surface area contributed by atoms with Gasteiger partial charge in [0, 0.05) is 31.4 Å². The van der Waals surface area contributed by atoms with Gasteiger partial charge >= 0.3 is 0 Å². The predicted octanol–water partition coefficient (Wildman–Crippen LogP) is 3.99. The number of anilines is 1. The lowest BCUT2D eigenvalue weighted by Gasteiger charge is -2.24. The van der Waals surface area contributed by atoms with E-state index in [0.29, 0.717) is 6.54 Å². The molecule has 128 valence electrons. The molecule has 3 rings (SSSR count). The van der Waals surface area contributed by atoms with Crippen molar-refractivity contribution < 1.29 is 9.18 Å². The summed E-state index contributed by atoms with van der Waals surface area (Å²) in [6, 6.07) is 7.11. The summed E-state index contributed by atoms with van der Waals surface area (Å²) in [5.74, 6) is -0.174. The van der Waals surface area contributed by atoms with Gasteiger partial charge in [-0.2, -0.15) is 0 Å². The van der Waals surface area contributed by atoms with Gasteiger partial charge in [-0.05, 0) is 44.0 Å². The molecule has 1 saturated heterocycles. The third kappa shape index (κ3) is 3.65. The summed E-state index contributed by atoms with van der Waals surface area (Å²) in [6.45, 7) is 5.84. The maximum absolute atomic E-state index is 13.5. The van der Waals surface area contributed by atoms with Crippen LogP contribution in [0.5, 0.6) is 0 Å². The smallest absolute Gasteiger partial charge is 0.225 e. The molecule has 6 heteroatoms. The largest absolute Gasteiger partial charge is 0.290 e. The lowest BCUT2D eigenvalue weighted by Crippen LogP contribution is -2.28. The summed E-state index contributed by atoms with van der Waals surface area (Å²) < 4.78 is 13.5. The molecule has 0 saturated carbocycles. The first-order valence-corrected chi connectivity index (χ1v) is 9.18. The molecule has 4 nitrogen and oxygen atoms in total. The molecule has 1 aromatic carbocycles. The van der Waals surface area contributed by atoms with Crippen LogP contribution >= 0.6 is 11.3 Å². The molecule has 1 atom stereocenters. The van der Waals surface area contributed by atoms with Gasteiger partial charge in [0.2, 0.25) is 5.91 Å². The van der Waals surface area contributed by atoms with Crippen LogP contribution in [0, 0.1) is 5.82 Å². The van der Waals surface area contributed by atoms with Gasteiger partial charge in [-0.1, -0.05) is 12.1 Å². The van der Waals surface area contributed by atoms with E-state index >= 15 is 0 Å². The highest BCUT2D eigenvalue weighted by Gasteiger charge is 2.27. The van der Waals surface area contributed by atoms with Crippen molar-refractivity contribution in [3.05, 3.63) is 46.7 Å². The van der Waals surface area contributed by atoms with Crippen molar-refractivity contribution in [2.75, 3.05) is 18.0 Å². The van der Waals surface area contributed by atoms with Crippen LogP contribution in [0.2, 0.25) is 0 Å². The Bertz CT molecular complexity index is 718. The fourth-order valence-corrected chi connectivity index (χ4v) is 4.22. The van der Waals surface area contributed by atoms with Crippen LogP contribution in [0.25, 0.3) is 0 Å². The second-order valence-corrected chi connectivity index (χ2v) is 6.90. The molecule has 0 spiro atoms. The second kappa shape index (κ2) is 7.40. The zero-order valence-corrected chi connectivity index (χ0v) is 14.9. The van der Waals surface area contributed by atoms with E-state index in [-0.39, 0.29) is 17.8 Å². The van der Waals surface area contributed by atoms with Gasteiger partial charge in [0.1, 0.15) is 5.82 Å². The number of nitrogens with zero attached hydrogens (tertiary/aromatic N) is 3. The molecule has 2 heterocycles. The molecular formula is C18H22FN3OS. The SMILES string of the molecule is CCN(C(C)=O)c1nc(CN2CCC[C@H]2c2cccc(F)c2)cs1. The van der Waals surface area contributed by atoms with Crippen molar-refractivity contribution >= 4 is 22.4 Å². The van der Waals surface area contributed by atoms with Crippen LogP contribution in [0.1, 0.15) is 44.0 Å². The highest BCUT2D eigenvalue weighted by atomic mass is 32.1. The molecule has 0 N–H and O–H groups in total. The van der Waals surface area contributed by atoms with E-state index in [1.54, 1.807) is 24.0 Å². The lowest BCUT2D eigenvalue weighted by atomic mass is 10.0. The number of carbonyl (C=O) groups excluding carboxylic acids is 1. The molecule has 1 amide bonds. The van der Waals surface area contributed by atoms with E-state index in [2.05, 4.69) is 9.88 Å². The minimum absolute atomic E-state index is 0.0113. The van der Waals surface area contributed by atoms with Crippen LogP contribution < -0.4 is 4.90 Å². The molecular weight excluding hydrogens is 325 g/mol. The lowest BCUT2D eigenvalue weighted by molar-refractivity contribution is -0.116. The quantitative estimate of drug-likeness (QED) is 0.820. The summed E-state index contributed by atoms with van der Waals surface area (Å²) in [7, 11) is 0. The van der Waals surface area contributed by atoms with Crippen LogP contribution in [0.15, 0.2) is 29.6 Å². The van der Waals surface area contributed by atoms with E-state index in [0.717, 1.165) is 42.3 Å². The molecule has 24 heavy (non-hydrogen) atoms.